The van der Waals surface area contributed by atoms with Crippen LogP contribution in [0.25, 0.3) is 22.3 Å². The fourth-order valence-corrected chi connectivity index (χ4v) is 3.53. The van der Waals surface area contributed by atoms with Crippen molar-refractivity contribution in [2.24, 2.45) is 0 Å². The number of fused-ring (bicyclic) bond motifs is 1. The highest BCUT2D eigenvalue weighted by Gasteiger charge is 2.44. The van der Waals surface area contributed by atoms with Crippen LogP contribution in [-0.2, 0) is 9.53 Å². The van der Waals surface area contributed by atoms with Crippen molar-refractivity contribution in [2.75, 3.05) is 0 Å². The molecule has 0 radical (unpaired) electrons. The van der Waals surface area contributed by atoms with E-state index in [9.17, 15) is 35.1 Å². The maximum Gasteiger partial charge on any atom is 0.197 e. The van der Waals surface area contributed by atoms with Gasteiger partial charge in [0.1, 0.15) is 58.4 Å². The maximum atomic E-state index is 12.7. The van der Waals surface area contributed by atoms with E-state index in [1.807, 2.05) is 0 Å². The van der Waals surface area contributed by atoms with Crippen LogP contribution in [0.5, 0.6) is 17.2 Å². The molecule has 3 aromatic rings. The zero-order valence-corrected chi connectivity index (χ0v) is 15.6. The van der Waals surface area contributed by atoms with Crippen molar-refractivity contribution in [2.45, 2.75) is 31.3 Å². The van der Waals surface area contributed by atoms with Crippen molar-refractivity contribution in [1.29, 1.82) is 0 Å². The van der Waals surface area contributed by atoms with Gasteiger partial charge in [0.05, 0.1) is 5.56 Å². The molecule has 0 bridgehead atoms. The van der Waals surface area contributed by atoms with Crippen LogP contribution in [0.2, 0.25) is 0 Å². The first-order valence-corrected chi connectivity index (χ1v) is 9.06. The van der Waals surface area contributed by atoms with E-state index in [4.69, 9.17) is 9.15 Å². The third-order valence-corrected chi connectivity index (χ3v) is 5.12. The van der Waals surface area contributed by atoms with Crippen molar-refractivity contribution in [1.82, 2.24) is 0 Å². The quantitative estimate of drug-likeness (QED) is 0.417. The molecule has 0 aliphatic carbocycles. The lowest BCUT2D eigenvalue weighted by atomic mass is 9.91. The van der Waals surface area contributed by atoms with Gasteiger partial charge in [-0.25, -0.2) is 0 Å². The molecule has 1 aromatic heterocycles. The summed E-state index contributed by atoms with van der Waals surface area (Å²) in [6, 6.07) is 8.09. The van der Waals surface area contributed by atoms with Gasteiger partial charge in [0, 0.05) is 17.7 Å². The number of phenolic OH excluding ortho intramolecular Hbond substituents is 3. The van der Waals surface area contributed by atoms with Crippen LogP contribution in [0.4, 0.5) is 0 Å². The van der Waals surface area contributed by atoms with E-state index in [1.165, 1.54) is 31.2 Å². The number of ketones is 1. The van der Waals surface area contributed by atoms with Crippen LogP contribution in [0.15, 0.2) is 45.6 Å². The average molecular weight is 414 g/mol. The predicted molar refractivity (Wildman–Crippen MR) is 103 cm³/mol. The molecule has 9 nitrogen and oxygen atoms in total. The largest absolute Gasteiger partial charge is 0.508 e. The third-order valence-electron chi connectivity index (χ3n) is 5.12. The number of hydrogen-bond acceptors (Lipinski definition) is 9. The lowest BCUT2D eigenvalue weighted by Gasteiger charge is -2.35. The zero-order chi connectivity index (χ0) is 21.7. The average Bonchev–Trinajstić information content (AvgIpc) is 2.70. The van der Waals surface area contributed by atoms with Crippen molar-refractivity contribution in [3.05, 3.63) is 52.2 Å². The van der Waals surface area contributed by atoms with E-state index in [1.54, 1.807) is 0 Å². The number of Topliss-reactive ketones (excluding diaryl/α,β-unsaturated/α-hetero) is 1. The Morgan fingerprint density at radius 3 is 2.30 bits per heavy atom. The van der Waals surface area contributed by atoms with Gasteiger partial charge in [0.2, 0.25) is 0 Å². The maximum absolute atomic E-state index is 12.7. The second-order valence-corrected chi connectivity index (χ2v) is 7.09. The summed E-state index contributed by atoms with van der Waals surface area (Å²) in [4.78, 5) is 24.5. The van der Waals surface area contributed by atoms with E-state index in [0.717, 1.165) is 12.1 Å². The first kappa shape index (κ1) is 19.9. The summed E-state index contributed by atoms with van der Waals surface area (Å²) in [6.45, 7) is 1.36. The number of aliphatic hydroxyl groups excluding tert-OH is 2. The number of phenols is 3. The highest BCUT2D eigenvalue weighted by Crippen LogP contribution is 2.44. The number of rotatable bonds is 2. The summed E-state index contributed by atoms with van der Waals surface area (Å²) in [6.07, 6.45) is -6.09. The highest BCUT2D eigenvalue weighted by atomic mass is 16.5. The second-order valence-electron chi connectivity index (χ2n) is 7.09. The van der Waals surface area contributed by atoms with Crippen molar-refractivity contribution in [3.63, 3.8) is 0 Å². The fraction of sp³-hybridized carbons (Fsp3) is 0.238. The Morgan fingerprint density at radius 1 is 0.967 bits per heavy atom. The molecule has 4 atom stereocenters. The first-order chi connectivity index (χ1) is 14.2. The van der Waals surface area contributed by atoms with Gasteiger partial charge in [-0.2, -0.15) is 0 Å². The molecule has 2 heterocycles. The van der Waals surface area contributed by atoms with E-state index in [-0.39, 0.29) is 28.0 Å². The van der Waals surface area contributed by atoms with Crippen LogP contribution in [0.1, 0.15) is 18.6 Å². The number of aromatic hydroxyl groups is 3. The Morgan fingerprint density at radius 2 is 1.63 bits per heavy atom. The normalized spacial score (nSPS) is 24.3. The Labute approximate surface area is 169 Å². The molecule has 0 saturated carbocycles. The Balaban J connectivity index is 1.87. The van der Waals surface area contributed by atoms with Gasteiger partial charge >= 0.3 is 0 Å². The van der Waals surface area contributed by atoms with Crippen LogP contribution >= 0.6 is 0 Å². The molecular formula is C21H18O9. The number of aliphatic hydroxyl groups is 2. The SMILES string of the molecule is C[C@@H]1O[C@H](c2c(O)cc3oc(-c4ccc(O)cc4)cc(=O)c3c2O)[C@@H](O)[C@H](O)C1=O. The topological polar surface area (TPSA) is 158 Å². The molecular weight excluding hydrogens is 396 g/mol. The second kappa shape index (κ2) is 7.13. The van der Waals surface area contributed by atoms with E-state index in [0.29, 0.717) is 5.56 Å². The molecule has 0 spiro atoms. The summed E-state index contributed by atoms with van der Waals surface area (Å²) < 4.78 is 11.0. The summed E-state index contributed by atoms with van der Waals surface area (Å²) in [5.41, 5.74) is -0.609. The van der Waals surface area contributed by atoms with E-state index in [2.05, 4.69) is 0 Å². The van der Waals surface area contributed by atoms with Gasteiger partial charge in [-0.15, -0.1) is 0 Å². The Bertz CT molecular complexity index is 1200. The molecule has 1 aliphatic rings. The number of carbonyl (C=O) groups excluding carboxylic acids is 1. The lowest BCUT2D eigenvalue weighted by molar-refractivity contribution is -0.181. The van der Waals surface area contributed by atoms with Crippen molar-refractivity contribution in [3.8, 4) is 28.6 Å². The smallest absolute Gasteiger partial charge is 0.197 e. The number of carbonyl (C=O) groups is 1. The molecule has 1 saturated heterocycles. The van der Waals surface area contributed by atoms with Gasteiger partial charge in [0.15, 0.2) is 11.2 Å². The van der Waals surface area contributed by atoms with Crippen LogP contribution in [0, 0.1) is 0 Å². The summed E-state index contributed by atoms with van der Waals surface area (Å²) >= 11 is 0. The molecule has 0 amide bonds. The number of benzene rings is 2. The molecule has 2 aromatic carbocycles. The molecule has 1 fully saturated rings. The van der Waals surface area contributed by atoms with E-state index < -0.39 is 47.1 Å². The Kier molecular flexibility index (Phi) is 4.73. The van der Waals surface area contributed by atoms with Gasteiger partial charge in [-0.05, 0) is 31.2 Å². The summed E-state index contributed by atoms with van der Waals surface area (Å²) in [5.74, 6) is -1.81. The number of hydrogen-bond donors (Lipinski definition) is 5. The molecule has 156 valence electrons. The van der Waals surface area contributed by atoms with Crippen LogP contribution in [0.3, 0.4) is 0 Å². The van der Waals surface area contributed by atoms with Crippen molar-refractivity contribution >= 4 is 16.8 Å². The molecule has 30 heavy (non-hydrogen) atoms. The minimum absolute atomic E-state index is 0.0303. The number of ether oxygens (including phenoxy) is 1. The van der Waals surface area contributed by atoms with Crippen LogP contribution in [-0.4, -0.2) is 49.6 Å². The van der Waals surface area contributed by atoms with Gasteiger partial charge in [-0.3, -0.25) is 9.59 Å². The fourth-order valence-electron chi connectivity index (χ4n) is 3.53. The lowest BCUT2D eigenvalue weighted by Crippen LogP contribution is -2.50. The van der Waals surface area contributed by atoms with Gasteiger partial charge < -0.3 is 34.7 Å². The predicted octanol–water partition coefficient (Wildman–Crippen LogP) is 1.33. The molecule has 4 rings (SSSR count). The van der Waals surface area contributed by atoms with Gasteiger partial charge in [-0.1, -0.05) is 0 Å². The minimum Gasteiger partial charge on any atom is -0.508 e. The molecule has 0 unspecified atom stereocenters. The highest BCUT2D eigenvalue weighted by molar-refractivity contribution is 5.90. The monoisotopic (exact) mass is 414 g/mol. The van der Waals surface area contributed by atoms with Gasteiger partial charge in [0.25, 0.3) is 0 Å². The first-order valence-electron chi connectivity index (χ1n) is 9.06. The van der Waals surface area contributed by atoms with E-state index >= 15 is 0 Å². The summed E-state index contributed by atoms with van der Waals surface area (Å²) in [5, 5.41) is 50.5. The van der Waals surface area contributed by atoms with Crippen LogP contribution < -0.4 is 5.43 Å². The van der Waals surface area contributed by atoms with Crippen molar-refractivity contribution < 1.29 is 39.5 Å². The Hall–Kier alpha value is -3.40. The molecule has 1 aliphatic heterocycles. The molecule has 5 N–H and O–H groups in total. The zero-order valence-electron chi connectivity index (χ0n) is 15.6. The summed E-state index contributed by atoms with van der Waals surface area (Å²) in [7, 11) is 0. The standard InChI is InChI=1S/C21H18O9/c1-8-17(25)19(27)20(28)21(29-8)16-12(24)7-14-15(18(16)26)11(23)6-13(30-14)9-2-4-10(22)5-3-9/h2-8,19-22,24,26-28H,1H3/t8-,19+,20-,21+/m0/s1. The third kappa shape index (κ3) is 3.09. The molecule has 9 heteroatoms. The minimum atomic E-state index is -1.78.